The first-order chi connectivity index (χ1) is 13.3. The number of rotatable bonds is 7. The summed E-state index contributed by atoms with van der Waals surface area (Å²) in [6.07, 6.45) is 18.4. The Kier molecular flexibility index (Phi) is 8.34. The molecule has 2 aliphatic carbocycles. The molecule has 0 aromatic heterocycles. The molecule has 0 N–H and O–H groups in total. The topological polar surface area (TPSA) is 0 Å². The Morgan fingerprint density at radius 1 is 0.857 bits per heavy atom. The first kappa shape index (κ1) is 21.8. The van der Waals surface area contributed by atoms with Crippen molar-refractivity contribution in [2.24, 2.45) is 0 Å². The molecule has 2 aromatic carbocycles. The van der Waals surface area contributed by atoms with Gasteiger partial charge in [-0.3, -0.25) is 0 Å². The second-order valence-electron chi connectivity index (χ2n) is 8.44. The summed E-state index contributed by atoms with van der Waals surface area (Å²) in [6.45, 7) is 2.28. The Labute approximate surface area is 191 Å². The standard InChI is InChI=1S/C27H33.Zr/c1-2-3-4-6-10-21-19-25-13-9-14-26(27(25)20-21)24-17-15-23(16-18-24)22-11-7-5-8-12-22;/h9,13-20,22H,2-8,10-12H2,1H3;. The summed E-state index contributed by atoms with van der Waals surface area (Å²) >= 11 is 0. The SMILES string of the molecule is CCCCCCC1=Cc2c(cccc2-c2ccc(C3CCCCC3)cc2)[CH]1.[Zr]. The zero-order valence-electron chi connectivity index (χ0n) is 17.3. The van der Waals surface area contributed by atoms with E-state index in [0.29, 0.717) is 0 Å². The Morgan fingerprint density at radius 3 is 2.39 bits per heavy atom. The minimum Gasteiger partial charge on any atom is -0.0654 e. The second kappa shape index (κ2) is 10.7. The zero-order chi connectivity index (χ0) is 18.5. The summed E-state index contributed by atoms with van der Waals surface area (Å²) in [7, 11) is 0. The van der Waals surface area contributed by atoms with Gasteiger partial charge in [0, 0.05) is 32.6 Å². The molecule has 0 nitrogen and oxygen atoms in total. The maximum Gasteiger partial charge on any atom is 0.0164 e. The van der Waals surface area contributed by atoms with Gasteiger partial charge in [-0.05, 0) is 59.4 Å². The molecule has 0 unspecified atom stereocenters. The summed E-state index contributed by atoms with van der Waals surface area (Å²) in [5.74, 6) is 0.789. The van der Waals surface area contributed by atoms with Crippen LogP contribution in [0.2, 0.25) is 0 Å². The van der Waals surface area contributed by atoms with E-state index < -0.39 is 0 Å². The van der Waals surface area contributed by atoms with E-state index in [9.17, 15) is 0 Å². The van der Waals surface area contributed by atoms with Gasteiger partial charge in [-0.25, -0.2) is 0 Å². The predicted octanol–water partition coefficient (Wildman–Crippen LogP) is 8.32. The molecule has 0 spiro atoms. The minimum absolute atomic E-state index is 0. The van der Waals surface area contributed by atoms with Gasteiger partial charge in [0.05, 0.1) is 0 Å². The Hall–Kier alpha value is -0.937. The molecule has 0 heterocycles. The molecule has 0 saturated heterocycles. The van der Waals surface area contributed by atoms with Crippen molar-refractivity contribution in [2.45, 2.75) is 77.0 Å². The molecule has 145 valence electrons. The quantitative estimate of drug-likeness (QED) is 0.373. The van der Waals surface area contributed by atoms with Crippen molar-refractivity contribution < 1.29 is 26.2 Å². The van der Waals surface area contributed by atoms with Crippen molar-refractivity contribution in [1.82, 2.24) is 0 Å². The third-order valence-corrected chi connectivity index (χ3v) is 6.43. The Bertz CT molecular complexity index is 778. The van der Waals surface area contributed by atoms with Gasteiger partial charge in [0.25, 0.3) is 0 Å². The number of unbranched alkanes of at least 4 members (excludes halogenated alkanes) is 3. The van der Waals surface area contributed by atoms with Crippen molar-refractivity contribution in [2.75, 3.05) is 0 Å². The molecule has 2 aliphatic rings. The normalized spacial score (nSPS) is 16.4. The third-order valence-electron chi connectivity index (χ3n) is 6.43. The van der Waals surface area contributed by atoms with Gasteiger partial charge in [-0.1, -0.05) is 99.6 Å². The number of hydrogen-bond acceptors (Lipinski definition) is 0. The van der Waals surface area contributed by atoms with Gasteiger partial charge in [0.2, 0.25) is 0 Å². The van der Waals surface area contributed by atoms with E-state index in [4.69, 9.17) is 0 Å². The van der Waals surface area contributed by atoms with E-state index in [2.05, 4.69) is 61.9 Å². The van der Waals surface area contributed by atoms with Crippen molar-refractivity contribution in [3.05, 3.63) is 71.1 Å². The maximum atomic E-state index is 2.44. The number of allylic oxidation sites excluding steroid dienone is 1. The molecule has 1 saturated carbocycles. The van der Waals surface area contributed by atoms with Crippen molar-refractivity contribution in [3.63, 3.8) is 0 Å². The van der Waals surface area contributed by atoms with Crippen LogP contribution in [0.15, 0.2) is 48.0 Å². The summed E-state index contributed by atoms with van der Waals surface area (Å²) in [5.41, 5.74) is 8.63. The minimum atomic E-state index is 0. The van der Waals surface area contributed by atoms with Gasteiger partial charge in [0.15, 0.2) is 0 Å². The van der Waals surface area contributed by atoms with E-state index in [1.165, 1.54) is 92.0 Å². The second-order valence-corrected chi connectivity index (χ2v) is 8.44. The summed E-state index contributed by atoms with van der Waals surface area (Å²) in [5, 5.41) is 0. The van der Waals surface area contributed by atoms with Crippen LogP contribution in [0.4, 0.5) is 0 Å². The van der Waals surface area contributed by atoms with E-state index in [-0.39, 0.29) is 26.2 Å². The average molecular weight is 449 g/mol. The Morgan fingerprint density at radius 2 is 1.64 bits per heavy atom. The van der Waals surface area contributed by atoms with Gasteiger partial charge >= 0.3 is 0 Å². The fourth-order valence-electron chi connectivity index (χ4n) is 4.82. The van der Waals surface area contributed by atoms with Crippen LogP contribution in [0, 0.1) is 6.42 Å². The fourth-order valence-corrected chi connectivity index (χ4v) is 4.82. The maximum absolute atomic E-state index is 2.44. The first-order valence-corrected chi connectivity index (χ1v) is 11.1. The molecule has 0 amide bonds. The summed E-state index contributed by atoms with van der Waals surface area (Å²) in [6, 6.07) is 16.3. The molecule has 0 atom stereocenters. The molecule has 1 fully saturated rings. The summed E-state index contributed by atoms with van der Waals surface area (Å²) in [4.78, 5) is 0. The smallest absolute Gasteiger partial charge is 0.0164 e. The average Bonchev–Trinajstić information content (AvgIpc) is 3.15. The van der Waals surface area contributed by atoms with Crippen molar-refractivity contribution in [3.8, 4) is 11.1 Å². The fraction of sp³-hybridized carbons (Fsp3) is 0.444. The number of hydrogen-bond donors (Lipinski definition) is 0. The van der Waals surface area contributed by atoms with Crippen LogP contribution >= 0.6 is 0 Å². The monoisotopic (exact) mass is 447 g/mol. The van der Waals surface area contributed by atoms with E-state index in [0.717, 1.165) is 5.92 Å². The third kappa shape index (κ3) is 5.15. The molecular weight excluding hydrogens is 416 g/mol. The zero-order valence-corrected chi connectivity index (χ0v) is 19.8. The van der Waals surface area contributed by atoms with Gasteiger partial charge in [-0.15, -0.1) is 0 Å². The van der Waals surface area contributed by atoms with Crippen LogP contribution in [0.25, 0.3) is 17.2 Å². The van der Waals surface area contributed by atoms with Gasteiger partial charge in [-0.2, -0.15) is 0 Å². The van der Waals surface area contributed by atoms with Gasteiger partial charge < -0.3 is 0 Å². The molecule has 2 aromatic rings. The number of fused-ring (bicyclic) bond motifs is 1. The number of benzene rings is 2. The van der Waals surface area contributed by atoms with Crippen molar-refractivity contribution in [1.29, 1.82) is 0 Å². The molecule has 1 heteroatoms. The first-order valence-electron chi connectivity index (χ1n) is 11.1. The molecular formula is C27H33Zr. The molecule has 0 bridgehead atoms. The predicted molar refractivity (Wildman–Crippen MR) is 118 cm³/mol. The largest absolute Gasteiger partial charge is 0.0654 e. The van der Waals surface area contributed by atoms with Gasteiger partial charge in [0.1, 0.15) is 0 Å². The van der Waals surface area contributed by atoms with Crippen LogP contribution in [-0.2, 0) is 26.2 Å². The molecule has 28 heavy (non-hydrogen) atoms. The van der Waals surface area contributed by atoms with E-state index in [1.807, 2.05) is 0 Å². The molecule has 1 radical (unpaired) electrons. The van der Waals surface area contributed by atoms with Crippen LogP contribution in [0.3, 0.4) is 0 Å². The Balaban J connectivity index is 0.00000225. The van der Waals surface area contributed by atoms with Crippen LogP contribution < -0.4 is 0 Å². The molecule has 0 aliphatic heterocycles. The van der Waals surface area contributed by atoms with Crippen LogP contribution in [-0.4, -0.2) is 0 Å². The summed E-state index contributed by atoms with van der Waals surface area (Å²) < 4.78 is 0. The van der Waals surface area contributed by atoms with E-state index in [1.54, 1.807) is 5.56 Å². The van der Waals surface area contributed by atoms with Crippen LogP contribution in [0.5, 0.6) is 0 Å². The van der Waals surface area contributed by atoms with Crippen LogP contribution in [0.1, 0.15) is 93.7 Å². The molecule has 4 rings (SSSR count). The van der Waals surface area contributed by atoms with E-state index >= 15 is 0 Å². The van der Waals surface area contributed by atoms with Crippen molar-refractivity contribution >= 4 is 6.08 Å².